The molecule has 6 heteroatoms. The Morgan fingerprint density at radius 2 is 2.00 bits per heavy atom. The van der Waals surface area contributed by atoms with Crippen LogP contribution in [-0.2, 0) is 14.4 Å². The van der Waals surface area contributed by atoms with Gasteiger partial charge in [-0.25, -0.2) is 0 Å². The van der Waals surface area contributed by atoms with E-state index in [2.05, 4.69) is 10.6 Å². The molecule has 1 unspecified atom stereocenters. The van der Waals surface area contributed by atoms with Gasteiger partial charge in [-0.3, -0.25) is 14.4 Å². The first-order valence-corrected chi connectivity index (χ1v) is 6.84. The number of carbonyl (C=O) groups is 3. The first kappa shape index (κ1) is 13.8. The van der Waals surface area contributed by atoms with Crippen molar-refractivity contribution < 1.29 is 19.5 Å². The van der Waals surface area contributed by atoms with Crippen molar-refractivity contribution in [1.29, 1.82) is 0 Å². The number of nitrogens with one attached hydrogen (secondary N) is 2. The Kier molecular flexibility index (Phi) is 4.07. The lowest BCUT2D eigenvalue weighted by Crippen LogP contribution is -2.55. The fourth-order valence-electron chi connectivity index (χ4n) is 3.02. The molecule has 0 spiro atoms. The molecule has 0 aromatic rings. The first-order chi connectivity index (χ1) is 9.01. The predicted octanol–water partition coefficient (Wildman–Crippen LogP) is 0.559. The summed E-state index contributed by atoms with van der Waals surface area (Å²) in [5.74, 6) is -1.25. The van der Waals surface area contributed by atoms with Crippen LogP contribution in [0.1, 0.15) is 51.4 Å². The number of aliphatic carboxylic acids is 1. The van der Waals surface area contributed by atoms with Crippen LogP contribution >= 0.6 is 0 Å². The van der Waals surface area contributed by atoms with Crippen molar-refractivity contribution in [1.82, 2.24) is 10.6 Å². The number of carbonyl (C=O) groups excluding carboxylic acids is 2. The number of carboxylic acids is 1. The summed E-state index contributed by atoms with van der Waals surface area (Å²) in [4.78, 5) is 34.3. The van der Waals surface area contributed by atoms with Gasteiger partial charge in [-0.05, 0) is 19.3 Å². The van der Waals surface area contributed by atoms with Gasteiger partial charge in [0.25, 0.3) is 0 Å². The van der Waals surface area contributed by atoms with Gasteiger partial charge in [0, 0.05) is 6.42 Å². The molecular weight excluding hydrogens is 248 g/mol. The minimum Gasteiger partial charge on any atom is -0.481 e. The molecular formula is C13H20N2O4. The Labute approximate surface area is 111 Å². The lowest BCUT2D eigenvalue weighted by Gasteiger charge is -2.37. The topological polar surface area (TPSA) is 95.5 Å². The summed E-state index contributed by atoms with van der Waals surface area (Å²) in [5.41, 5.74) is -0.630. The van der Waals surface area contributed by atoms with Gasteiger partial charge in [-0.2, -0.15) is 0 Å². The van der Waals surface area contributed by atoms with Crippen molar-refractivity contribution in [3.63, 3.8) is 0 Å². The lowest BCUT2D eigenvalue weighted by atomic mass is 9.79. The van der Waals surface area contributed by atoms with E-state index in [4.69, 9.17) is 5.11 Å². The zero-order chi connectivity index (χ0) is 13.9. The van der Waals surface area contributed by atoms with E-state index in [0.717, 1.165) is 19.3 Å². The molecule has 19 heavy (non-hydrogen) atoms. The predicted molar refractivity (Wildman–Crippen MR) is 67.4 cm³/mol. The van der Waals surface area contributed by atoms with Gasteiger partial charge in [0.2, 0.25) is 11.8 Å². The summed E-state index contributed by atoms with van der Waals surface area (Å²) < 4.78 is 0. The summed E-state index contributed by atoms with van der Waals surface area (Å²) in [6.07, 6.45) is 5.17. The van der Waals surface area contributed by atoms with E-state index in [1.54, 1.807) is 0 Å². The highest BCUT2D eigenvalue weighted by Gasteiger charge is 2.38. The van der Waals surface area contributed by atoms with Crippen LogP contribution in [0.4, 0.5) is 0 Å². The normalized spacial score (nSPS) is 25.7. The Morgan fingerprint density at radius 3 is 2.53 bits per heavy atom. The van der Waals surface area contributed by atoms with Crippen molar-refractivity contribution in [3.05, 3.63) is 0 Å². The fourth-order valence-corrected chi connectivity index (χ4v) is 3.02. The number of hydrogen-bond acceptors (Lipinski definition) is 3. The van der Waals surface area contributed by atoms with Crippen molar-refractivity contribution in [2.45, 2.75) is 62.9 Å². The van der Waals surface area contributed by atoms with Crippen LogP contribution in [0.5, 0.6) is 0 Å². The van der Waals surface area contributed by atoms with Gasteiger partial charge < -0.3 is 15.7 Å². The highest BCUT2D eigenvalue weighted by Crippen LogP contribution is 2.31. The van der Waals surface area contributed by atoms with E-state index in [1.807, 2.05) is 0 Å². The van der Waals surface area contributed by atoms with Crippen molar-refractivity contribution in [3.8, 4) is 0 Å². The van der Waals surface area contributed by atoms with Crippen molar-refractivity contribution in [2.24, 2.45) is 0 Å². The third-order valence-electron chi connectivity index (χ3n) is 4.00. The molecule has 0 aromatic heterocycles. The van der Waals surface area contributed by atoms with Gasteiger partial charge in [0.05, 0.1) is 12.0 Å². The summed E-state index contributed by atoms with van der Waals surface area (Å²) in [6, 6.07) is -0.500. The Hall–Kier alpha value is -1.59. The SMILES string of the molecule is O=C(O)CC1(NC(=O)C2CCC(=O)N2)CCCCC1. The summed E-state index contributed by atoms with van der Waals surface area (Å²) >= 11 is 0. The van der Waals surface area contributed by atoms with Crippen LogP contribution < -0.4 is 10.6 Å². The van der Waals surface area contributed by atoms with Crippen molar-refractivity contribution >= 4 is 17.8 Å². The monoisotopic (exact) mass is 268 g/mol. The summed E-state index contributed by atoms with van der Waals surface area (Å²) in [5, 5.41) is 14.5. The van der Waals surface area contributed by atoms with Gasteiger partial charge >= 0.3 is 5.97 Å². The van der Waals surface area contributed by atoms with Gasteiger partial charge in [-0.15, -0.1) is 0 Å². The minimum absolute atomic E-state index is 0.0423. The molecule has 6 nitrogen and oxygen atoms in total. The van der Waals surface area contributed by atoms with Crippen LogP contribution in [0.2, 0.25) is 0 Å². The lowest BCUT2D eigenvalue weighted by molar-refractivity contribution is -0.140. The zero-order valence-electron chi connectivity index (χ0n) is 10.9. The average molecular weight is 268 g/mol. The quantitative estimate of drug-likeness (QED) is 0.694. The van der Waals surface area contributed by atoms with Crippen LogP contribution in [0, 0.1) is 0 Å². The molecule has 0 bridgehead atoms. The molecule has 2 aliphatic rings. The first-order valence-electron chi connectivity index (χ1n) is 6.84. The van der Waals surface area contributed by atoms with Crippen LogP contribution in [-0.4, -0.2) is 34.5 Å². The van der Waals surface area contributed by atoms with E-state index >= 15 is 0 Å². The molecule has 2 rings (SSSR count). The molecule has 2 amide bonds. The number of amides is 2. The molecule has 2 fully saturated rings. The third kappa shape index (κ3) is 3.45. The molecule has 0 radical (unpaired) electrons. The Balaban J connectivity index is 2.00. The highest BCUT2D eigenvalue weighted by atomic mass is 16.4. The maximum atomic E-state index is 12.1. The average Bonchev–Trinajstić information content (AvgIpc) is 2.76. The standard InChI is InChI=1S/C13H20N2O4/c16-10-5-4-9(14-10)12(19)15-13(8-11(17)18)6-2-1-3-7-13/h9H,1-8H2,(H,14,16)(H,15,19)(H,17,18). The van der Waals surface area contributed by atoms with E-state index in [1.165, 1.54) is 0 Å². The largest absolute Gasteiger partial charge is 0.481 e. The van der Waals surface area contributed by atoms with Crippen molar-refractivity contribution in [2.75, 3.05) is 0 Å². The highest BCUT2D eigenvalue weighted by molar-refractivity contribution is 5.91. The van der Waals surface area contributed by atoms with E-state index in [-0.39, 0.29) is 18.2 Å². The summed E-state index contributed by atoms with van der Waals surface area (Å²) in [7, 11) is 0. The van der Waals surface area contributed by atoms with E-state index in [9.17, 15) is 14.4 Å². The third-order valence-corrected chi connectivity index (χ3v) is 4.00. The molecule has 0 aromatic carbocycles. The molecule has 1 atom stereocenters. The van der Waals surface area contributed by atoms with E-state index < -0.39 is 17.6 Å². The Bertz CT molecular complexity index is 388. The molecule has 1 aliphatic carbocycles. The second kappa shape index (κ2) is 5.59. The smallest absolute Gasteiger partial charge is 0.305 e. The summed E-state index contributed by atoms with van der Waals surface area (Å²) in [6.45, 7) is 0. The van der Waals surface area contributed by atoms with E-state index in [0.29, 0.717) is 25.7 Å². The fraction of sp³-hybridized carbons (Fsp3) is 0.769. The van der Waals surface area contributed by atoms with Crippen LogP contribution in [0.25, 0.3) is 0 Å². The van der Waals surface area contributed by atoms with Gasteiger partial charge in [0.1, 0.15) is 6.04 Å². The van der Waals surface area contributed by atoms with Crippen LogP contribution in [0.15, 0.2) is 0 Å². The number of hydrogen-bond donors (Lipinski definition) is 3. The maximum absolute atomic E-state index is 12.1. The number of carboxylic acid groups (broad SMARTS) is 1. The minimum atomic E-state index is -0.891. The maximum Gasteiger partial charge on any atom is 0.305 e. The molecule has 1 saturated carbocycles. The number of rotatable bonds is 4. The molecule has 1 saturated heterocycles. The zero-order valence-corrected chi connectivity index (χ0v) is 10.9. The second-order valence-electron chi connectivity index (χ2n) is 5.56. The van der Waals surface area contributed by atoms with Crippen LogP contribution in [0.3, 0.4) is 0 Å². The van der Waals surface area contributed by atoms with Gasteiger partial charge in [-0.1, -0.05) is 19.3 Å². The Morgan fingerprint density at radius 1 is 1.32 bits per heavy atom. The second-order valence-corrected chi connectivity index (χ2v) is 5.56. The molecule has 3 N–H and O–H groups in total. The molecule has 1 heterocycles. The molecule has 1 aliphatic heterocycles. The van der Waals surface area contributed by atoms with Gasteiger partial charge in [0.15, 0.2) is 0 Å². The molecule has 106 valence electrons.